The molecule has 156 valence electrons. The maximum Gasteiger partial charge on any atom is 0.0570 e. The average Bonchev–Trinajstić information content (AvgIpc) is 2.76. The molecule has 0 amide bonds. The highest BCUT2D eigenvalue weighted by molar-refractivity contribution is 5.79. The second kappa shape index (κ2) is 9.62. The van der Waals surface area contributed by atoms with Gasteiger partial charge >= 0.3 is 0 Å². The molecule has 0 atom stereocenters. The van der Waals surface area contributed by atoms with Crippen LogP contribution in [0, 0.1) is 19.8 Å². The van der Waals surface area contributed by atoms with E-state index in [1.54, 1.807) is 0 Å². The van der Waals surface area contributed by atoms with E-state index < -0.39 is 0 Å². The smallest absolute Gasteiger partial charge is 0.0570 e. The van der Waals surface area contributed by atoms with E-state index in [1.807, 2.05) is 31.3 Å². The highest BCUT2D eigenvalue weighted by atomic mass is 15.1. The SMILES string of the molecule is C=C/C(=C\C)C1CCN(C(=C)c2ccc(C)c(C(=C)Nc3ccc(C)nc3)c2)CC1. The molecule has 0 unspecified atom stereocenters. The number of nitrogens with zero attached hydrogens (tertiary/aromatic N) is 2. The fourth-order valence-corrected chi connectivity index (χ4v) is 4.10. The van der Waals surface area contributed by atoms with Crippen LogP contribution in [0.3, 0.4) is 0 Å². The summed E-state index contributed by atoms with van der Waals surface area (Å²) in [6.45, 7) is 20.9. The van der Waals surface area contributed by atoms with Gasteiger partial charge in [0.1, 0.15) is 0 Å². The summed E-state index contributed by atoms with van der Waals surface area (Å²) in [6, 6.07) is 10.5. The Hall–Kier alpha value is -3.07. The van der Waals surface area contributed by atoms with Gasteiger partial charge in [0, 0.05) is 35.7 Å². The lowest BCUT2D eigenvalue weighted by Gasteiger charge is -2.35. The first-order valence-electron chi connectivity index (χ1n) is 10.7. The van der Waals surface area contributed by atoms with Crippen molar-refractivity contribution in [2.45, 2.75) is 33.6 Å². The first-order chi connectivity index (χ1) is 14.4. The maximum atomic E-state index is 4.41. The highest BCUT2D eigenvalue weighted by Crippen LogP contribution is 2.31. The number of hydrogen-bond acceptors (Lipinski definition) is 3. The third-order valence-corrected chi connectivity index (χ3v) is 6.02. The zero-order valence-corrected chi connectivity index (χ0v) is 18.5. The highest BCUT2D eigenvalue weighted by Gasteiger charge is 2.22. The molecule has 1 fully saturated rings. The molecule has 1 saturated heterocycles. The first kappa shape index (κ1) is 21.6. The standard InChI is InChI=1S/C27H33N3/c1-7-23(8-2)24-13-15-30(16-14-24)22(6)25-11-9-19(3)27(17-25)21(5)29-26-12-10-20(4)28-18-26/h7-12,17-18,24,29H,1,5-6,13-16H2,2-4H3/b23-8+. The quantitative estimate of drug-likeness (QED) is 0.532. The molecule has 3 heteroatoms. The summed E-state index contributed by atoms with van der Waals surface area (Å²) in [5, 5.41) is 3.39. The number of anilines is 1. The van der Waals surface area contributed by atoms with Gasteiger partial charge in [-0.25, -0.2) is 0 Å². The van der Waals surface area contributed by atoms with E-state index in [0.717, 1.165) is 59.8 Å². The number of nitrogens with one attached hydrogen (secondary N) is 1. The third-order valence-electron chi connectivity index (χ3n) is 6.02. The van der Waals surface area contributed by atoms with Crippen molar-refractivity contribution < 1.29 is 0 Å². The summed E-state index contributed by atoms with van der Waals surface area (Å²) >= 11 is 0. The summed E-state index contributed by atoms with van der Waals surface area (Å²) in [5.74, 6) is 0.609. The van der Waals surface area contributed by atoms with Crippen LogP contribution in [0.1, 0.15) is 42.1 Å². The van der Waals surface area contributed by atoms with Crippen molar-refractivity contribution in [3.63, 3.8) is 0 Å². The second-order valence-electron chi connectivity index (χ2n) is 8.02. The van der Waals surface area contributed by atoms with Crippen LogP contribution >= 0.6 is 0 Å². The Labute approximate surface area is 181 Å². The maximum absolute atomic E-state index is 4.41. The van der Waals surface area contributed by atoms with Crippen molar-refractivity contribution in [3.05, 3.63) is 96.4 Å². The number of aromatic nitrogens is 1. The van der Waals surface area contributed by atoms with Crippen LogP contribution in [-0.4, -0.2) is 23.0 Å². The fraction of sp³-hybridized carbons (Fsp3) is 0.296. The zero-order valence-electron chi connectivity index (χ0n) is 18.5. The molecule has 1 aromatic heterocycles. The molecular weight excluding hydrogens is 366 g/mol. The van der Waals surface area contributed by atoms with Gasteiger partial charge in [-0.1, -0.05) is 44.0 Å². The fourth-order valence-electron chi connectivity index (χ4n) is 4.10. The number of allylic oxidation sites excluding steroid dienone is 3. The van der Waals surface area contributed by atoms with E-state index >= 15 is 0 Å². The van der Waals surface area contributed by atoms with Crippen LogP contribution in [0.25, 0.3) is 11.4 Å². The predicted molar refractivity (Wildman–Crippen MR) is 130 cm³/mol. The molecule has 3 nitrogen and oxygen atoms in total. The first-order valence-corrected chi connectivity index (χ1v) is 10.7. The monoisotopic (exact) mass is 399 g/mol. The lowest BCUT2D eigenvalue weighted by Crippen LogP contribution is -2.32. The lowest BCUT2D eigenvalue weighted by molar-refractivity contribution is 0.280. The summed E-state index contributed by atoms with van der Waals surface area (Å²) in [5.41, 5.74) is 8.70. The molecule has 2 aromatic rings. The van der Waals surface area contributed by atoms with Crippen molar-refractivity contribution >= 4 is 17.1 Å². The van der Waals surface area contributed by atoms with Gasteiger partial charge in [-0.05, 0) is 74.4 Å². The van der Waals surface area contributed by atoms with Gasteiger partial charge in [0.05, 0.1) is 11.9 Å². The Morgan fingerprint density at radius 3 is 2.47 bits per heavy atom. The summed E-state index contributed by atoms with van der Waals surface area (Å²) < 4.78 is 0. The van der Waals surface area contributed by atoms with Crippen molar-refractivity contribution in [3.8, 4) is 0 Å². The Bertz CT molecular complexity index is 958. The van der Waals surface area contributed by atoms with E-state index in [4.69, 9.17) is 0 Å². The minimum atomic E-state index is 0.609. The molecule has 30 heavy (non-hydrogen) atoms. The van der Waals surface area contributed by atoms with Crippen LogP contribution in [0.4, 0.5) is 5.69 Å². The van der Waals surface area contributed by atoms with E-state index in [1.165, 1.54) is 11.1 Å². The van der Waals surface area contributed by atoms with E-state index in [-0.39, 0.29) is 0 Å². The van der Waals surface area contributed by atoms with Gasteiger partial charge in [-0.15, -0.1) is 0 Å². The number of hydrogen-bond donors (Lipinski definition) is 1. The summed E-state index contributed by atoms with van der Waals surface area (Å²) in [6.07, 6.45) is 8.31. The third kappa shape index (κ3) is 4.91. The molecule has 0 bridgehead atoms. The molecule has 0 saturated carbocycles. The topological polar surface area (TPSA) is 28.2 Å². The normalized spacial score (nSPS) is 15.0. The molecule has 2 heterocycles. The molecule has 0 aliphatic carbocycles. The Morgan fingerprint density at radius 1 is 1.13 bits per heavy atom. The number of aryl methyl sites for hydroxylation is 2. The van der Waals surface area contributed by atoms with Crippen molar-refractivity contribution in [2.24, 2.45) is 5.92 Å². The molecule has 1 N–H and O–H groups in total. The van der Waals surface area contributed by atoms with Crippen molar-refractivity contribution in [2.75, 3.05) is 18.4 Å². The molecule has 1 aliphatic heterocycles. The van der Waals surface area contributed by atoms with Crippen LogP contribution in [0.5, 0.6) is 0 Å². The largest absolute Gasteiger partial charge is 0.371 e. The molecule has 1 aromatic carbocycles. The van der Waals surface area contributed by atoms with E-state index in [9.17, 15) is 0 Å². The average molecular weight is 400 g/mol. The van der Waals surface area contributed by atoms with E-state index in [2.05, 4.69) is 73.1 Å². The number of benzene rings is 1. The van der Waals surface area contributed by atoms with Gasteiger partial charge in [-0.2, -0.15) is 0 Å². The predicted octanol–water partition coefficient (Wildman–Crippen LogP) is 6.60. The van der Waals surface area contributed by atoms with Crippen molar-refractivity contribution in [1.82, 2.24) is 9.88 Å². The zero-order chi connectivity index (χ0) is 21.7. The van der Waals surface area contributed by atoms with Gasteiger partial charge in [0.25, 0.3) is 0 Å². The summed E-state index contributed by atoms with van der Waals surface area (Å²) in [4.78, 5) is 6.76. The minimum absolute atomic E-state index is 0.609. The van der Waals surface area contributed by atoms with E-state index in [0.29, 0.717) is 5.92 Å². The molecule has 0 spiro atoms. The molecular formula is C27H33N3. The number of piperidine rings is 1. The molecule has 0 radical (unpaired) electrons. The minimum Gasteiger partial charge on any atom is -0.371 e. The van der Waals surface area contributed by atoms with Crippen LogP contribution in [0.2, 0.25) is 0 Å². The van der Waals surface area contributed by atoms with Gasteiger partial charge in [-0.3, -0.25) is 4.98 Å². The van der Waals surface area contributed by atoms with Crippen LogP contribution in [-0.2, 0) is 0 Å². The van der Waals surface area contributed by atoms with Crippen molar-refractivity contribution in [1.29, 1.82) is 0 Å². The number of rotatable bonds is 7. The van der Waals surface area contributed by atoms with Gasteiger partial charge in [0.2, 0.25) is 0 Å². The lowest BCUT2D eigenvalue weighted by atomic mass is 9.88. The molecule has 3 rings (SSSR count). The van der Waals surface area contributed by atoms with Crippen LogP contribution < -0.4 is 5.32 Å². The number of pyridine rings is 1. The second-order valence-corrected chi connectivity index (χ2v) is 8.02. The van der Waals surface area contributed by atoms with Gasteiger partial charge < -0.3 is 10.2 Å². The Kier molecular flexibility index (Phi) is 6.94. The Morgan fingerprint density at radius 2 is 1.87 bits per heavy atom. The van der Waals surface area contributed by atoms with Gasteiger partial charge in [0.15, 0.2) is 0 Å². The van der Waals surface area contributed by atoms with Crippen LogP contribution in [0.15, 0.2) is 74.0 Å². The molecule has 1 aliphatic rings. The number of likely N-dealkylation sites (tertiary alicyclic amines) is 1. The Balaban J connectivity index is 1.71. The summed E-state index contributed by atoms with van der Waals surface area (Å²) in [7, 11) is 0.